The molecule has 0 atom stereocenters. The molecule has 0 unspecified atom stereocenters. The lowest BCUT2D eigenvalue weighted by Crippen LogP contribution is -2.27. The highest BCUT2D eigenvalue weighted by Crippen LogP contribution is 2.43. The molecule has 26 rings (SSSR count). The molecule has 0 aliphatic rings. The molecule has 26 aromatic rings. The van der Waals surface area contributed by atoms with Crippen LogP contribution < -0.4 is 22.7 Å². The van der Waals surface area contributed by atoms with Gasteiger partial charge in [-0.25, -0.2) is 22.8 Å². The quantitative estimate of drug-likeness (QED) is 0.129. The number of hydrogen-bond donors (Lipinski definition) is 0. The summed E-state index contributed by atoms with van der Waals surface area (Å²) in [6, 6.07) is 94.2. The van der Waals surface area contributed by atoms with E-state index >= 15 is 0 Å². The molecule has 15 aromatic heterocycles. The zero-order valence-corrected chi connectivity index (χ0v) is 82.2. The minimum atomic E-state index is 0.459. The summed E-state index contributed by atoms with van der Waals surface area (Å²) in [5.74, 6) is 0.919. The van der Waals surface area contributed by atoms with Gasteiger partial charge < -0.3 is 0 Å². The van der Waals surface area contributed by atoms with Crippen molar-refractivity contribution < 1.29 is 22.7 Å². The molecule has 0 aliphatic carbocycles. The van der Waals surface area contributed by atoms with E-state index in [9.17, 15) is 0 Å². The van der Waals surface area contributed by atoms with Crippen molar-refractivity contribution in [2.24, 2.45) is 35.2 Å². The molecule has 15 heterocycles. The van der Waals surface area contributed by atoms with E-state index in [0.717, 1.165) is 56.1 Å². The van der Waals surface area contributed by atoms with Crippen LogP contribution in [0.25, 0.3) is 204 Å². The lowest BCUT2D eigenvalue weighted by molar-refractivity contribution is -0.617. The topological polar surface area (TPSA) is 107 Å². The molecule has 0 aliphatic heterocycles. The van der Waals surface area contributed by atoms with Crippen molar-refractivity contribution in [2.75, 3.05) is 0 Å². The number of rotatable bonds is 3. The molecule has 0 radical (unpaired) electrons. The predicted molar refractivity (Wildman–Crippen MR) is 564 cm³/mol. The van der Waals surface area contributed by atoms with E-state index in [2.05, 4.69) is 466 Å². The van der Waals surface area contributed by atoms with E-state index in [4.69, 9.17) is 24.9 Å². The fourth-order valence-corrected chi connectivity index (χ4v) is 23.0. The van der Waals surface area contributed by atoms with Crippen LogP contribution in [0.1, 0.15) is 129 Å². The fraction of sp³-hybridized carbons (Fsp3) is 0.207. The molecule has 0 N–H and O–H groups in total. The number of benzene rings is 11. The Labute approximate surface area is 790 Å². The lowest BCUT2D eigenvalue weighted by atomic mass is 9.85. The van der Waals surface area contributed by atoms with E-state index in [0.29, 0.717) is 11.8 Å². The van der Waals surface area contributed by atoms with Crippen molar-refractivity contribution in [1.82, 2.24) is 47.1 Å². The van der Waals surface area contributed by atoms with Crippen molar-refractivity contribution in [2.45, 2.75) is 136 Å². The molecule has 0 spiro atoms. The van der Waals surface area contributed by atoms with Crippen LogP contribution in [-0.4, -0.2) is 47.1 Å². The van der Waals surface area contributed by atoms with Crippen LogP contribution in [0.4, 0.5) is 0 Å². The van der Waals surface area contributed by atoms with Crippen LogP contribution in [0.3, 0.4) is 0 Å². The second-order valence-electron chi connectivity index (χ2n) is 38.9. The Balaban J connectivity index is 0.0000000993. The maximum absolute atomic E-state index is 5.03. The smallest absolute Gasteiger partial charge is 0.252 e. The SMILES string of the molecule is Cc1cc(C)c2c(n1)c1cccc(C)c1n1c3ccccc3[n+](C)c21.Cc1cc(C)c2c(n1)c1ccccc1[n+]1c3ccc(-c4c(C(C)C)cccc4C(C)C)cc3n(C)c21.Cc1cc(C)c2c(n1)c1ccccc1n1c3c(C)cccc3[n+](C)c21.Cc1ccc2c(c1)c1nc(C)cc(C)c1c1n2c2ccccc2[n+]1C.Cc1ccc2c3nc(C)cc(C)c3c3n(c2c1)c1ccccc1[n+]3C. The van der Waals surface area contributed by atoms with Gasteiger partial charge in [-0.05, 0) is 316 Å². The molecule has 11 aromatic carbocycles. The number of pyridine rings is 10. The van der Waals surface area contributed by atoms with E-state index in [1.165, 1.54) is 237 Å². The van der Waals surface area contributed by atoms with E-state index in [1.54, 1.807) is 0 Å². The number of para-hydroxylation sites is 10. The van der Waals surface area contributed by atoms with Crippen molar-refractivity contribution >= 4 is 192 Å². The Morgan fingerprint density at radius 3 is 1.11 bits per heavy atom. The van der Waals surface area contributed by atoms with Crippen molar-refractivity contribution in [3.8, 4) is 11.1 Å². The summed E-state index contributed by atoms with van der Waals surface area (Å²) in [4.78, 5) is 24.8. The normalized spacial score (nSPS) is 12.1. The Morgan fingerprint density at radius 2 is 0.596 bits per heavy atom. The molecule has 0 saturated carbocycles. The third-order valence-electron chi connectivity index (χ3n) is 28.8. The Morgan fingerprint density at radius 1 is 0.243 bits per heavy atom. The molecule has 0 bridgehead atoms. The standard InChI is InChI=1S/C33H34N3.4C22H20N3/c1-19(2)24-12-10-13-25(20(3)4)31(24)23-15-16-28-29(18-23)35(7)33-30-21(5)17-22(6)34-32(30)26-11-8-9-14-27(26)36(28)33;1-13-8-7-9-16-20-19(14(2)12-15(3)23-20)22-24(4)17-10-5-6-11-18(17)25(22)21(13)16;1-13-8-7-11-18-21(13)25-17-10-6-5-9-16(17)20-19(22(25)24(18)4)14(2)12-15(3)23-20;1-13-9-10-17-16(11-13)21-20(14(2)12-15(3)23-21)22-24(4)18-7-5-6-8-19(18)25(17)22;1-13-9-10-16-19(11-13)25-18-8-6-5-7-17(18)24(4)22(25)20-14(2)12-15(3)23-21(16)20/h8-20H,1-7H3;4*5-12H,1-4H3/q5*+1. The number of nitrogens with zero attached hydrogens (tertiary/aromatic N) is 15. The summed E-state index contributed by atoms with van der Waals surface area (Å²) in [5.41, 5.74) is 52.2. The van der Waals surface area contributed by atoms with Gasteiger partial charge in [0.15, 0.2) is 55.2 Å². The highest BCUT2D eigenvalue weighted by molar-refractivity contribution is 6.17. The van der Waals surface area contributed by atoms with Crippen LogP contribution in [-0.2, 0) is 35.2 Å². The van der Waals surface area contributed by atoms with Gasteiger partial charge in [0.25, 0.3) is 28.2 Å². The minimum Gasteiger partial charge on any atom is -0.252 e. The second-order valence-corrected chi connectivity index (χ2v) is 38.9. The van der Waals surface area contributed by atoms with Crippen molar-refractivity contribution in [3.63, 3.8) is 0 Å². The van der Waals surface area contributed by atoms with Gasteiger partial charge in [-0.1, -0.05) is 149 Å². The fourth-order valence-electron chi connectivity index (χ4n) is 23.0. The number of imidazole rings is 5. The zero-order chi connectivity index (χ0) is 94.5. The minimum absolute atomic E-state index is 0.459. The average Bonchev–Trinajstić information content (AvgIpc) is 1.55. The van der Waals surface area contributed by atoms with E-state index in [1.807, 2.05) is 0 Å². The first-order chi connectivity index (χ1) is 65.5. The van der Waals surface area contributed by atoms with Gasteiger partial charge in [-0.3, -0.25) is 24.9 Å². The number of aryl methyl sites for hydroxylation is 19. The maximum Gasteiger partial charge on any atom is 0.297 e. The highest BCUT2D eigenvalue weighted by Gasteiger charge is 2.33. The van der Waals surface area contributed by atoms with Gasteiger partial charge in [0.05, 0.1) is 89.8 Å². The molecule has 136 heavy (non-hydrogen) atoms. The van der Waals surface area contributed by atoms with Crippen LogP contribution in [0.5, 0.6) is 0 Å². The third kappa shape index (κ3) is 13.2. The van der Waals surface area contributed by atoms with Gasteiger partial charge >= 0.3 is 0 Å². The summed E-state index contributed by atoms with van der Waals surface area (Å²) in [6.07, 6.45) is 0. The van der Waals surface area contributed by atoms with Gasteiger partial charge in [0.1, 0.15) is 27.6 Å². The molecular weight excluding hydrogens is 1660 g/mol. The van der Waals surface area contributed by atoms with Gasteiger partial charge in [-0.2, -0.15) is 22.0 Å². The summed E-state index contributed by atoms with van der Waals surface area (Å²) < 4.78 is 23.6. The third-order valence-corrected chi connectivity index (χ3v) is 28.8. The average molecular weight is 1780 g/mol. The van der Waals surface area contributed by atoms with Crippen LogP contribution in [0.2, 0.25) is 0 Å². The number of hydrogen-bond acceptors (Lipinski definition) is 5. The summed E-state index contributed by atoms with van der Waals surface area (Å²) in [5, 5.41) is 12.2. The van der Waals surface area contributed by atoms with Crippen molar-refractivity contribution in [1.29, 1.82) is 0 Å². The lowest BCUT2D eigenvalue weighted by Gasteiger charge is -2.19. The summed E-state index contributed by atoms with van der Waals surface area (Å²) in [6.45, 7) is 39.2. The monoisotopic (exact) mass is 1780 g/mol. The molecular formula is C121H114N15+5. The van der Waals surface area contributed by atoms with Crippen LogP contribution in [0.15, 0.2) is 261 Å². The van der Waals surface area contributed by atoms with Gasteiger partial charge in [0, 0.05) is 61.0 Å². The van der Waals surface area contributed by atoms with Crippen LogP contribution >= 0.6 is 0 Å². The molecule has 0 fully saturated rings. The molecule has 15 heteroatoms. The predicted octanol–water partition coefficient (Wildman–Crippen LogP) is 26.3. The first-order valence-corrected chi connectivity index (χ1v) is 47.7. The van der Waals surface area contributed by atoms with E-state index < -0.39 is 0 Å². The summed E-state index contributed by atoms with van der Waals surface area (Å²) >= 11 is 0. The highest BCUT2D eigenvalue weighted by atomic mass is 15.2. The first-order valence-electron chi connectivity index (χ1n) is 47.7. The zero-order valence-electron chi connectivity index (χ0n) is 82.2. The molecule has 15 nitrogen and oxygen atoms in total. The molecule has 0 amide bonds. The van der Waals surface area contributed by atoms with E-state index in [-0.39, 0.29) is 0 Å². The Hall–Kier alpha value is -15.5. The van der Waals surface area contributed by atoms with Crippen molar-refractivity contribution in [3.05, 3.63) is 351 Å². The maximum atomic E-state index is 5.03. The van der Waals surface area contributed by atoms with Gasteiger partial charge in [0.2, 0.25) is 0 Å². The number of fused-ring (bicyclic) bond motifs is 40. The largest absolute Gasteiger partial charge is 0.297 e. The molecule has 0 saturated heterocycles. The second kappa shape index (κ2) is 32.4. The summed E-state index contributed by atoms with van der Waals surface area (Å²) in [7, 11) is 10.8. The first kappa shape index (κ1) is 86.0. The number of aromatic nitrogens is 15. The van der Waals surface area contributed by atoms with Gasteiger partial charge in [-0.15, -0.1) is 0 Å². The molecule has 668 valence electrons. The Kier molecular flexibility index (Phi) is 20.5. The van der Waals surface area contributed by atoms with Crippen LogP contribution in [0, 0.1) is 96.9 Å². The Bertz CT molecular complexity index is 9580.